The molecule has 5 rings (SSSR count). The summed E-state index contributed by atoms with van der Waals surface area (Å²) in [7, 11) is 0. The van der Waals surface area contributed by atoms with E-state index in [4.69, 9.17) is 5.11 Å². The first-order valence-electron chi connectivity index (χ1n) is 9.52. The minimum atomic E-state index is -0.990. The maximum atomic E-state index is 10.1. The number of benzene rings is 3. The fourth-order valence-corrected chi connectivity index (χ4v) is 3.20. The van der Waals surface area contributed by atoms with Gasteiger partial charge >= 0.3 is 5.97 Å². The van der Waals surface area contributed by atoms with E-state index < -0.39 is 5.97 Å². The average Bonchev–Trinajstić information content (AvgIpc) is 2.80. The maximum absolute atomic E-state index is 10.1. The molecule has 155 valence electrons. The summed E-state index contributed by atoms with van der Waals surface area (Å²) in [6.45, 7) is 2.07. The zero-order valence-corrected chi connectivity index (χ0v) is 19.1. The first kappa shape index (κ1) is 22.3. The van der Waals surface area contributed by atoms with E-state index in [1.54, 1.807) is 12.1 Å². The number of rotatable bonds is 2. The number of aryl methyl sites for hydroxylation is 1. The molecule has 0 spiro atoms. The van der Waals surface area contributed by atoms with Crippen LogP contribution in [0, 0.1) is 13.0 Å². The third kappa shape index (κ3) is 5.21. The molecule has 5 aromatic rings. The fourth-order valence-electron chi connectivity index (χ4n) is 3.20. The van der Waals surface area contributed by atoms with Crippen LogP contribution in [-0.4, -0.2) is 21.0 Å². The number of hydrogen-bond donors (Lipinski definition) is 1. The molecule has 0 amide bonds. The van der Waals surface area contributed by atoms with Crippen LogP contribution in [0.5, 0.6) is 0 Å². The summed E-state index contributed by atoms with van der Waals surface area (Å²) in [5.41, 5.74) is 3.30. The first-order valence-corrected chi connectivity index (χ1v) is 9.52. The maximum Gasteiger partial charge on any atom is 0.354 e. The summed E-state index contributed by atoms with van der Waals surface area (Å²) >= 11 is 0. The Bertz CT molecular complexity index is 1320. The van der Waals surface area contributed by atoms with Crippen LogP contribution in [0.1, 0.15) is 16.1 Å². The standard InChI is InChI=1S/C20H14N.C6H5NO2.Ir/c1-14-6-8-16(9-7-14)20-12-19-17(13-21-20)11-10-15-4-2-3-5-18(15)19;8-6(9)5-3-1-2-4-7-5;/h2-8,10-13H,1H3;1-4H,(H,8,9);/q-1;;. The molecule has 0 aliphatic heterocycles. The van der Waals surface area contributed by atoms with Gasteiger partial charge in [-0.15, -0.1) is 35.4 Å². The van der Waals surface area contributed by atoms with Crippen molar-refractivity contribution in [1.29, 1.82) is 0 Å². The number of hydrogen-bond acceptors (Lipinski definition) is 3. The molecule has 0 unspecified atom stereocenters. The van der Waals surface area contributed by atoms with Crippen molar-refractivity contribution in [2.45, 2.75) is 6.92 Å². The third-order valence-corrected chi connectivity index (χ3v) is 4.76. The summed E-state index contributed by atoms with van der Waals surface area (Å²) in [4.78, 5) is 18.3. The smallest absolute Gasteiger partial charge is 0.354 e. The van der Waals surface area contributed by atoms with E-state index in [2.05, 4.69) is 77.6 Å². The minimum absolute atomic E-state index is 0. The van der Waals surface area contributed by atoms with E-state index >= 15 is 0 Å². The van der Waals surface area contributed by atoms with E-state index in [0.717, 1.165) is 11.3 Å². The molecule has 0 aliphatic rings. The molecular formula is C26H19IrN2O2-. The summed E-state index contributed by atoms with van der Waals surface area (Å²) in [5, 5.41) is 13.3. The van der Waals surface area contributed by atoms with Gasteiger partial charge < -0.3 is 10.1 Å². The molecule has 0 saturated heterocycles. The molecule has 2 aromatic heterocycles. The van der Waals surface area contributed by atoms with E-state index in [9.17, 15) is 4.79 Å². The van der Waals surface area contributed by atoms with Crippen LogP contribution in [0.4, 0.5) is 0 Å². The Labute approximate surface area is 194 Å². The number of aromatic nitrogens is 2. The summed E-state index contributed by atoms with van der Waals surface area (Å²) in [6.07, 6.45) is 3.40. The van der Waals surface area contributed by atoms with Crippen LogP contribution in [0.2, 0.25) is 0 Å². The van der Waals surface area contributed by atoms with Gasteiger partial charge in [0, 0.05) is 32.5 Å². The zero-order chi connectivity index (χ0) is 20.9. The molecule has 31 heavy (non-hydrogen) atoms. The SMILES string of the molecule is Cc1c[c-]c(-c2cc3c(ccc4ccccc43)cn2)cc1.O=C(O)c1ccccn1.[Ir]. The topological polar surface area (TPSA) is 63.1 Å². The monoisotopic (exact) mass is 584 g/mol. The number of nitrogens with zero attached hydrogens (tertiary/aromatic N) is 2. The molecule has 0 bridgehead atoms. The third-order valence-electron chi connectivity index (χ3n) is 4.76. The van der Waals surface area contributed by atoms with Crippen molar-refractivity contribution in [3.8, 4) is 11.3 Å². The Hall–Kier alpha value is -3.40. The van der Waals surface area contributed by atoms with Gasteiger partial charge in [-0.1, -0.05) is 55.5 Å². The molecule has 0 saturated carbocycles. The van der Waals surface area contributed by atoms with E-state index in [0.29, 0.717) is 0 Å². The van der Waals surface area contributed by atoms with Gasteiger partial charge in [-0.05, 0) is 39.4 Å². The van der Waals surface area contributed by atoms with Crippen LogP contribution in [0.15, 0.2) is 91.3 Å². The van der Waals surface area contributed by atoms with Crippen LogP contribution in [0.25, 0.3) is 32.8 Å². The number of fused-ring (bicyclic) bond motifs is 3. The molecular weight excluding hydrogens is 565 g/mol. The quantitative estimate of drug-likeness (QED) is 0.206. The second kappa shape index (κ2) is 10.1. The molecule has 0 atom stereocenters. The van der Waals surface area contributed by atoms with Gasteiger partial charge in [0.2, 0.25) is 0 Å². The van der Waals surface area contributed by atoms with Crippen LogP contribution in [0.3, 0.4) is 0 Å². The Morgan fingerprint density at radius 3 is 2.32 bits per heavy atom. The fraction of sp³-hybridized carbons (Fsp3) is 0.0385. The molecule has 1 radical (unpaired) electrons. The normalized spacial score (nSPS) is 10.1. The van der Waals surface area contributed by atoms with E-state index in [-0.39, 0.29) is 25.8 Å². The van der Waals surface area contributed by atoms with Crippen molar-refractivity contribution >= 4 is 27.5 Å². The number of carboxylic acid groups (broad SMARTS) is 1. The van der Waals surface area contributed by atoms with Crippen molar-refractivity contribution in [1.82, 2.24) is 9.97 Å². The number of carbonyl (C=O) groups is 1. The van der Waals surface area contributed by atoms with Gasteiger partial charge in [0.05, 0.1) is 0 Å². The molecule has 3 aromatic carbocycles. The average molecular weight is 584 g/mol. The van der Waals surface area contributed by atoms with E-state index in [1.165, 1.54) is 39.4 Å². The zero-order valence-electron chi connectivity index (χ0n) is 16.7. The van der Waals surface area contributed by atoms with Crippen molar-refractivity contribution in [2.75, 3.05) is 0 Å². The molecule has 5 heteroatoms. The number of aromatic carboxylic acids is 1. The summed E-state index contributed by atoms with van der Waals surface area (Å²) < 4.78 is 0. The molecule has 1 N–H and O–H groups in total. The van der Waals surface area contributed by atoms with Gasteiger partial charge in [-0.3, -0.25) is 0 Å². The summed E-state index contributed by atoms with van der Waals surface area (Å²) in [5.74, 6) is -0.990. The second-order valence-corrected chi connectivity index (χ2v) is 6.88. The van der Waals surface area contributed by atoms with Gasteiger partial charge in [-0.2, -0.15) is 0 Å². The largest absolute Gasteiger partial charge is 0.477 e. The molecule has 0 fully saturated rings. The minimum Gasteiger partial charge on any atom is -0.477 e. The van der Waals surface area contributed by atoms with Crippen molar-refractivity contribution in [3.63, 3.8) is 0 Å². The molecule has 2 heterocycles. The van der Waals surface area contributed by atoms with Crippen molar-refractivity contribution in [2.24, 2.45) is 0 Å². The predicted octanol–water partition coefficient (Wildman–Crippen LogP) is 5.94. The first-order chi connectivity index (χ1) is 14.6. The van der Waals surface area contributed by atoms with Gasteiger partial charge in [0.1, 0.15) is 5.69 Å². The van der Waals surface area contributed by atoms with Gasteiger partial charge in [-0.25, -0.2) is 9.78 Å². The summed E-state index contributed by atoms with van der Waals surface area (Å²) in [6, 6.07) is 29.2. The van der Waals surface area contributed by atoms with Gasteiger partial charge in [0.25, 0.3) is 0 Å². The Morgan fingerprint density at radius 1 is 0.871 bits per heavy atom. The Kier molecular flexibility index (Phi) is 7.24. The predicted molar refractivity (Wildman–Crippen MR) is 119 cm³/mol. The Morgan fingerprint density at radius 2 is 1.65 bits per heavy atom. The van der Waals surface area contributed by atoms with Crippen molar-refractivity contribution < 1.29 is 30.0 Å². The molecule has 4 nitrogen and oxygen atoms in total. The van der Waals surface area contributed by atoms with Crippen LogP contribution < -0.4 is 0 Å². The number of carboxylic acids is 1. The van der Waals surface area contributed by atoms with Crippen LogP contribution >= 0.6 is 0 Å². The van der Waals surface area contributed by atoms with Gasteiger partial charge in [0.15, 0.2) is 0 Å². The van der Waals surface area contributed by atoms with E-state index in [1.807, 2.05) is 12.3 Å². The molecule has 0 aliphatic carbocycles. The number of pyridine rings is 2. The second-order valence-electron chi connectivity index (χ2n) is 6.88. The Balaban J connectivity index is 0.000000232. The van der Waals surface area contributed by atoms with Crippen LogP contribution in [-0.2, 0) is 20.1 Å². The van der Waals surface area contributed by atoms with Crippen molar-refractivity contribution in [3.05, 3.63) is 109 Å².